The van der Waals surface area contributed by atoms with Gasteiger partial charge in [-0.3, -0.25) is 0 Å². The number of hydrogen-bond acceptors (Lipinski definition) is 3. The first kappa shape index (κ1) is 15.0. The van der Waals surface area contributed by atoms with E-state index >= 15 is 0 Å². The van der Waals surface area contributed by atoms with Gasteiger partial charge in [-0.05, 0) is 44.5 Å². The van der Waals surface area contributed by atoms with E-state index in [0.717, 1.165) is 36.9 Å². The first-order chi connectivity index (χ1) is 9.00. The lowest BCUT2D eigenvalue weighted by Gasteiger charge is -2.22. The summed E-state index contributed by atoms with van der Waals surface area (Å²) in [5.41, 5.74) is 0.813. The summed E-state index contributed by atoms with van der Waals surface area (Å²) in [6.07, 6.45) is 1.94. The Kier molecular flexibility index (Phi) is 5.01. The average molecular weight is 327 g/mol. The van der Waals surface area contributed by atoms with E-state index in [-0.39, 0.29) is 0 Å². The highest BCUT2D eigenvalue weighted by atomic mass is 79.9. The van der Waals surface area contributed by atoms with Crippen LogP contribution in [0.5, 0.6) is 0 Å². The Labute approximate surface area is 124 Å². The van der Waals surface area contributed by atoms with Crippen molar-refractivity contribution in [2.45, 2.75) is 31.4 Å². The van der Waals surface area contributed by atoms with Gasteiger partial charge in [-0.1, -0.05) is 28.1 Å². The topological polar surface area (TPSA) is 35.5 Å². The molecular weight excluding hydrogens is 304 g/mol. The first-order valence-electron chi connectivity index (χ1n) is 6.88. The van der Waals surface area contributed by atoms with Crippen LogP contribution in [0.3, 0.4) is 0 Å². The zero-order chi connectivity index (χ0) is 13.9. The lowest BCUT2D eigenvalue weighted by Crippen LogP contribution is -2.31. The summed E-state index contributed by atoms with van der Waals surface area (Å²) in [4.78, 5) is 2.35. The maximum Gasteiger partial charge on any atom is 0.0758 e. The number of halogens is 1. The normalized spacial score (nSPS) is 25.7. The SMILES string of the molecule is CNC(CCN1CCC(C)(O)C1)c1cccc(Br)c1. The van der Waals surface area contributed by atoms with E-state index in [4.69, 9.17) is 0 Å². The molecule has 0 spiro atoms. The van der Waals surface area contributed by atoms with Crippen LogP contribution < -0.4 is 5.32 Å². The molecule has 19 heavy (non-hydrogen) atoms. The molecule has 1 aromatic carbocycles. The number of aliphatic hydroxyl groups is 1. The van der Waals surface area contributed by atoms with E-state index in [2.05, 4.69) is 44.3 Å². The molecule has 106 valence electrons. The number of rotatable bonds is 5. The summed E-state index contributed by atoms with van der Waals surface area (Å²) in [6, 6.07) is 8.81. The van der Waals surface area contributed by atoms with Crippen LogP contribution in [0.1, 0.15) is 31.4 Å². The van der Waals surface area contributed by atoms with Gasteiger partial charge < -0.3 is 15.3 Å². The van der Waals surface area contributed by atoms with Crippen molar-refractivity contribution in [2.24, 2.45) is 0 Å². The van der Waals surface area contributed by atoms with Gasteiger partial charge in [-0.2, -0.15) is 0 Å². The summed E-state index contributed by atoms with van der Waals surface area (Å²) in [7, 11) is 2.01. The van der Waals surface area contributed by atoms with Gasteiger partial charge in [0, 0.05) is 30.1 Å². The van der Waals surface area contributed by atoms with Crippen molar-refractivity contribution in [1.29, 1.82) is 0 Å². The number of hydrogen-bond donors (Lipinski definition) is 2. The molecule has 1 aliphatic heterocycles. The summed E-state index contributed by atoms with van der Waals surface area (Å²) in [6.45, 7) is 4.74. The van der Waals surface area contributed by atoms with Crippen LogP contribution in [0.25, 0.3) is 0 Å². The Morgan fingerprint density at radius 2 is 2.32 bits per heavy atom. The van der Waals surface area contributed by atoms with E-state index in [9.17, 15) is 5.11 Å². The van der Waals surface area contributed by atoms with E-state index in [1.807, 2.05) is 20.0 Å². The molecule has 1 fully saturated rings. The predicted octanol–water partition coefficient (Wildman–Crippen LogP) is 2.56. The molecule has 4 heteroatoms. The van der Waals surface area contributed by atoms with Gasteiger partial charge in [-0.25, -0.2) is 0 Å². The van der Waals surface area contributed by atoms with E-state index < -0.39 is 5.60 Å². The number of benzene rings is 1. The molecule has 0 aromatic heterocycles. The Hall–Kier alpha value is -0.420. The summed E-state index contributed by atoms with van der Waals surface area (Å²) in [5, 5.41) is 13.4. The van der Waals surface area contributed by atoms with Crippen LogP contribution in [0.2, 0.25) is 0 Å². The number of β-amino-alcohol motifs (C(OH)–C–C–N with tert-alkyl or cyclic N) is 1. The van der Waals surface area contributed by atoms with E-state index in [1.165, 1.54) is 5.56 Å². The maximum atomic E-state index is 9.98. The van der Waals surface area contributed by atoms with Crippen molar-refractivity contribution in [1.82, 2.24) is 10.2 Å². The average Bonchev–Trinajstić information content (AvgIpc) is 2.70. The molecule has 1 aliphatic rings. The largest absolute Gasteiger partial charge is 0.389 e. The molecular formula is C15H23BrN2O. The zero-order valence-electron chi connectivity index (χ0n) is 11.7. The molecule has 0 saturated carbocycles. The lowest BCUT2D eigenvalue weighted by molar-refractivity contribution is 0.0683. The summed E-state index contributed by atoms with van der Waals surface area (Å²) >= 11 is 3.52. The van der Waals surface area contributed by atoms with Gasteiger partial charge in [0.2, 0.25) is 0 Å². The highest BCUT2D eigenvalue weighted by Crippen LogP contribution is 2.24. The molecule has 1 aromatic rings. The third kappa shape index (κ3) is 4.28. The quantitative estimate of drug-likeness (QED) is 0.872. The molecule has 0 bridgehead atoms. The molecule has 0 aliphatic carbocycles. The highest BCUT2D eigenvalue weighted by molar-refractivity contribution is 9.10. The van der Waals surface area contributed by atoms with Gasteiger partial charge in [-0.15, -0.1) is 0 Å². The second-order valence-electron chi connectivity index (χ2n) is 5.71. The van der Waals surface area contributed by atoms with E-state index in [0.29, 0.717) is 6.04 Å². The zero-order valence-corrected chi connectivity index (χ0v) is 13.3. The predicted molar refractivity (Wildman–Crippen MR) is 82.2 cm³/mol. The Morgan fingerprint density at radius 3 is 2.89 bits per heavy atom. The Bertz CT molecular complexity index is 422. The molecule has 1 saturated heterocycles. The number of nitrogens with zero attached hydrogens (tertiary/aromatic N) is 1. The molecule has 3 nitrogen and oxygen atoms in total. The van der Waals surface area contributed by atoms with Gasteiger partial charge in [0.05, 0.1) is 5.60 Å². The fourth-order valence-electron chi connectivity index (χ4n) is 2.74. The second kappa shape index (κ2) is 6.35. The molecule has 0 radical (unpaired) electrons. The molecule has 2 rings (SSSR count). The van der Waals surface area contributed by atoms with Crippen molar-refractivity contribution in [3.63, 3.8) is 0 Å². The highest BCUT2D eigenvalue weighted by Gasteiger charge is 2.31. The smallest absolute Gasteiger partial charge is 0.0758 e. The molecule has 1 heterocycles. The van der Waals surface area contributed by atoms with E-state index in [1.54, 1.807) is 0 Å². The van der Waals surface area contributed by atoms with Crippen LogP contribution in [-0.2, 0) is 0 Å². The van der Waals surface area contributed by atoms with Crippen molar-refractivity contribution < 1.29 is 5.11 Å². The monoisotopic (exact) mass is 326 g/mol. The third-order valence-electron chi connectivity index (χ3n) is 3.86. The summed E-state index contributed by atoms with van der Waals surface area (Å²) < 4.78 is 1.12. The maximum absolute atomic E-state index is 9.98. The minimum Gasteiger partial charge on any atom is -0.389 e. The van der Waals surface area contributed by atoms with Crippen molar-refractivity contribution in [2.75, 3.05) is 26.7 Å². The van der Waals surface area contributed by atoms with Crippen LogP contribution in [0, 0.1) is 0 Å². The molecule has 2 unspecified atom stereocenters. The van der Waals surface area contributed by atoms with Gasteiger partial charge in [0.1, 0.15) is 0 Å². The number of likely N-dealkylation sites (tertiary alicyclic amines) is 1. The molecule has 2 N–H and O–H groups in total. The first-order valence-corrected chi connectivity index (χ1v) is 7.67. The van der Waals surface area contributed by atoms with Crippen LogP contribution in [0.15, 0.2) is 28.7 Å². The van der Waals surface area contributed by atoms with Crippen molar-refractivity contribution in [3.8, 4) is 0 Å². The fraction of sp³-hybridized carbons (Fsp3) is 0.600. The Balaban J connectivity index is 1.90. The van der Waals surface area contributed by atoms with Crippen LogP contribution >= 0.6 is 15.9 Å². The standard InChI is InChI=1S/C15H23BrN2O/c1-15(19)7-9-18(11-15)8-6-14(17-2)12-4-3-5-13(16)10-12/h3-5,10,14,17,19H,6-9,11H2,1-2H3. The van der Waals surface area contributed by atoms with Crippen LogP contribution in [-0.4, -0.2) is 42.3 Å². The molecule has 0 amide bonds. The van der Waals surface area contributed by atoms with Crippen molar-refractivity contribution >= 4 is 15.9 Å². The number of nitrogens with one attached hydrogen (secondary N) is 1. The van der Waals surface area contributed by atoms with Crippen LogP contribution in [0.4, 0.5) is 0 Å². The minimum absolute atomic E-state index is 0.364. The van der Waals surface area contributed by atoms with Gasteiger partial charge in [0.25, 0.3) is 0 Å². The summed E-state index contributed by atoms with van der Waals surface area (Å²) in [5.74, 6) is 0. The minimum atomic E-state index is -0.495. The fourth-order valence-corrected chi connectivity index (χ4v) is 3.16. The third-order valence-corrected chi connectivity index (χ3v) is 4.36. The van der Waals surface area contributed by atoms with Gasteiger partial charge >= 0.3 is 0 Å². The lowest BCUT2D eigenvalue weighted by atomic mass is 10.0. The van der Waals surface area contributed by atoms with Gasteiger partial charge in [0.15, 0.2) is 0 Å². The second-order valence-corrected chi connectivity index (χ2v) is 6.62. The Morgan fingerprint density at radius 1 is 1.53 bits per heavy atom. The van der Waals surface area contributed by atoms with Crippen molar-refractivity contribution in [3.05, 3.63) is 34.3 Å². The molecule has 2 atom stereocenters.